The molecule has 2 amide bonds. The van der Waals surface area contributed by atoms with Crippen molar-refractivity contribution in [2.24, 2.45) is 5.92 Å². The number of hydrogen-bond donors (Lipinski definition) is 0. The number of imide groups is 1. The van der Waals surface area contributed by atoms with Gasteiger partial charge in [-0.05, 0) is 54.3 Å². The van der Waals surface area contributed by atoms with Gasteiger partial charge in [-0.1, -0.05) is 38.1 Å². The molecule has 12 nitrogen and oxygen atoms in total. The van der Waals surface area contributed by atoms with Crippen LogP contribution in [0.4, 0.5) is 11.4 Å². The quantitative estimate of drug-likeness (QED) is 0.0802. The molecule has 1 aliphatic heterocycles. The Morgan fingerprint density at radius 3 is 2.12 bits per heavy atom. The number of ether oxygens (including phenoxy) is 2. The third kappa shape index (κ3) is 5.96. The Bertz CT molecular complexity index is 1560. The monoisotopic (exact) mass is 559 g/mol. The summed E-state index contributed by atoms with van der Waals surface area (Å²) in [6.45, 7) is 3.71. The minimum atomic E-state index is -1.17. The van der Waals surface area contributed by atoms with E-state index in [1.54, 1.807) is 18.2 Å². The number of esters is 1. The SMILES string of the molecule is COc1cc(C=Cc2ccc([N+](=O)[O-])cc2[N+](=O)[O-])ccc1OC(=O)C(CC(C)C)N1C(=O)c2ccccc2C1=O. The van der Waals surface area contributed by atoms with Crippen LogP contribution in [-0.4, -0.2) is 45.7 Å². The highest BCUT2D eigenvalue weighted by atomic mass is 16.6. The molecule has 4 rings (SSSR count). The molecule has 0 saturated heterocycles. The normalized spacial score (nSPS) is 13.4. The number of nitrogens with zero attached hydrogens (tertiary/aromatic N) is 3. The number of non-ortho nitro benzene ring substituents is 1. The Hall–Kier alpha value is -5.39. The summed E-state index contributed by atoms with van der Waals surface area (Å²) in [6.07, 6.45) is 3.13. The largest absolute Gasteiger partial charge is 0.493 e. The maximum absolute atomic E-state index is 13.4. The number of nitro benzene ring substituents is 2. The van der Waals surface area contributed by atoms with Crippen LogP contribution in [-0.2, 0) is 4.79 Å². The van der Waals surface area contributed by atoms with Crippen LogP contribution < -0.4 is 9.47 Å². The molecule has 0 radical (unpaired) electrons. The summed E-state index contributed by atoms with van der Waals surface area (Å²) in [5.74, 6) is -1.79. The highest BCUT2D eigenvalue weighted by molar-refractivity contribution is 6.22. The van der Waals surface area contributed by atoms with Gasteiger partial charge in [0.25, 0.3) is 23.2 Å². The van der Waals surface area contributed by atoms with Crippen LogP contribution in [0.2, 0.25) is 0 Å². The summed E-state index contributed by atoms with van der Waals surface area (Å²) >= 11 is 0. The summed E-state index contributed by atoms with van der Waals surface area (Å²) < 4.78 is 11.0. The van der Waals surface area contributed by atoms with Gasteiger partial charge in [0.05, 0.1) is 39.7 Å². The second kappa shape index (κ2) is 11.8. The molecule has 0 bridgehead atoms. The molecule has 0 N–H and O–H groups in total. The van der Waals surface area contributed by atoms with Crippen LogP contribution in [0.3, 0.4) is 0 Å². The predicted octanol–water partition coefficient (Wildman–Crippen LogP) is 5.30. The highest BCUT2D eigenvalue weighted by Gasteiger charge is 2.43. The van der Waals surface area contributed by atoms with Gasteiger partial charge in [-0.3, -0.25) is 34.7 Å². The minimum Gasteiger partial charge on any atom is -0.493 e. The second-order valence-electron chi connectivity index (χ2n) is 9.59. The number of fused-ring (bicyclic) bond motifs is 1. The van der Waals surface area contributed by atoms with Crippen LogP contribution >= 0.6 is 0 Å². The van der Waals surface area contributed by atoms with Crippen LogP contribution in [0.1, 0.15) is 52.1 Å². The first-order valence-corrected chi connectivity index (χ1v) is 12.5. The van der Waals surface area contributed by atoms with E-state index >= 15 is 0 Å². The molecule has 0 saturated carbocycles. The van der Waals surface area contributed by atoms with E-state index in [1.807, 2.05) is 13.8 Å². The van der Waals surface area contributed by atoms with Crippen LogP contribution in [0.5, 0.6) is 11.5 Å². The molecular formula is C29H25N3O9. The summed E-state index contributed by atoms with van der Waals surface area (Å²) in [5.41, 5.74) is 0.277. The zero-order valence-electron chi connectivity index (χ0n) is 22.3. The molecule has 210 valence electrons. The van der Waals surface area contributed by atoms with Gasteiger partial charge >= 0.3 is 5.97 Å². The number of carbonyl (C=O) groups excluding carboxylic acids is 3. The van der Waals surface area contributed by atoms with Gasteiger partial charge in [0.15, 0.2) is 11.5 Å². The van der Waals surface area contributed by atoms with E-state index in [1.165, 1.54) is 49.6 Å². The molecule has 0 fully saturated rings. The van der Waals surface area contributed by atoms with E-state index in [9.17, 15) is 34.6 Å². The van der Waals surface area contributed by atoms with Crippen LogP contribution in [0.15, 0.2) is 60.7 Å². The van der Waals surface area contributed by atoms with E-state index in [2.05, 4.69) is 0 Å². The van der Waals surface area contributed by atoms with Gasteiger partial charge in [0, 0.05) is 6.07 Å². The topological polar surface area (TPSA) is 159 Å². The first-order valence-electron chi connectivity index (χ1n) is 12.5. The van der Waals surface area contributed by atoms with Crippen LogP contribution in [0.25, 0.3) is 12.2 Å². The third-order valence-electron chi connectivity index (χ3n) is 6.38. The number of carbonyl (C=O) groups is 3. The lowest BCUT2D eigenvalue weighted by Crippen LogP contribution is -2.47. The molecule has 1 atom stereocenters. The highest BCUT2D eigenvalue weighted by Crippen LogP contribution is 2.33. The van der Waals surface area contributed by atoms with E-state index in [0.29, 0.717) is 5.56 Å². The summed E-state index contributed by atoms with van der Waals surface area (Å²) in [6, 6.07) is 13.0. The van der Waals surface area contributed by atoms with Crippen molar-refractivity contribution in [2.75, 3.05) is 7.11 Å². The molecule has 0 aliphatic carbocycles. The zero-order chi connectivity index (χ0) is 29.8. The van der Waals surface area contributed by atoms with Gasteiger partial charge in [-0.2, -0.15) is 0 Å². The van der Waals surface area contributed by atoms with Crippen molar-refractivity contribution in [3.05, 3.63) is 103 Å². The first kappa shape index (κ1) is 28.6. The fourth-order valence-corrected chi connectivity index (χ4v) is 4.42. The van der Waals surface area contributed by atoms with Crippen LogP contribution in [0, 0.1) is 26.1 Å². The number of rotatable bonds is 10. The Morgan fingerprint density at radius 1 is 0.902 bits per heavy atom. The Morgan fingerprint density at radius 2 is 1.56 bits per heavy atom. The van der Waals surface area contributed by atoms with Crippen molar-refractivity contribution >= 4 is 41.3 Å². The van der Waals surface area contributed by atoms with Gasteiger partial charge in [0.1, 0.15) is 6.04 Å². The molecule has 41 heavy (non-hydrogen) atoms. The number of nitro groups is 2. The van der Waals surface area contributed by atoms with E-state index in [-0.39, 0.29) is 40.5 Å². The average molecular weight is 560 g/mol. The molecule has 1 heterocycles. The average Bonchev–Trinajstić information content (AvgIpc) is 3.20. The van der Waals surface area contributed by atoms with E-state index in [0.717, 1.165) is 17.0 Å². The molecule has 1 aliphatic rings. The van der Waals surface area contributed by atoms with Crippen molar-refractivity contribution in [1.29, 1.82) is 0 Å². The Labute approximate surface area is 234 Å². The summed E-state index contributed by atoms with van der Waals surface area (Å²) in [5, 5.41) is 22.4. The molecular weight excluding hydrogens is 534 g/mol. The molecule has 3 aromatic rings. The molecule has 1 unspecified atom stereocenters. The molecule has 0 spiro atoms. The van der Waals surface area contributed by atoms with E-state index < -0.39 is 45.0 Å². The second-order valence-corrected chi connectivity index (χ2v) is 9.59. The van der Waals surface area contributed by atoms with Crippen molar-refractivity contribution < 1.29 is 33.7 Å². The van der Waals surface area contributed by atoms with Gasteiger partial charge < -0.3 is 9.47 Å². The number of benzene rings is 3. The standard InChI is InChI=1S/C29H25N3O9/c1-17(2)14-24(30-27(33)21-6-4-5-7-22(21)28(30)34)29(35)41-25-13-9-18(15-26(25)40-3)8-10-19-11-12-20(31(36)37)16-23(19)32(38)39/h4-13,15-17,24H,14H2,1-3H3. The zero-order valence-corrected chi connectivity index (χ0v) is 22.3. The third-order valence-corrected chi connectivity index (χ3v) is 6.38. The summed E-state index contributed by atoms with van der Waals surface area (Å²) in [7, 11) is 1.36. The lowest BCUT2D eigenvalue weighted by molar-refractivity contribution is -0.394. The molecule has 12 heteroatoms. The molecule has 0 aromatic heterocycles. The Kier molecular flexibility index (Phi) is 8.22. The smallest absolute Gasteiger partial charge is 0.334 e. The lowest BCUT2D eigenvalue weighted by Gasteiger charge is -2.26. The molecule has 3 aromatic carbocycles. The van der Waals surface area contributed by atoms with Crippen molar-refractivity contribution in [3.8, 4) is 11.5 Å². The predicted molar refractivity (Wildman–Crippen MR) is 147 cm³/mol. The summed E-state index contributed by atoms with van der Waals surface area (Å²) in [4.78, 5) is 61.4. The number of amides is 2. The van der Waals surface area contributed by atoms with Gasteiger partial charge in [0.2, 0.25) is 0 Å². The lowest BCUT2D eigenvalue weighted by atomic mass is 10.0. The fraction of sp³-hybridized carbons (Fsp3) is 0.207. The number of methoxy groups -OCH3 is 1. The van der Waals surface area contributed by atoms with Crippen molar-refractivity contribution in [2.45, 2.75) is 26.3 Å². The fourth-order valence-electron chi connectivity index (χ4n) is 4.42. The van der Waals surface area contributed by atoms with Crippen molar-refractivity contribution in [3.63, 3.8) is 0 Å². The minimum absolute atomic E-state index is 0.0429. The van der Waals surface area contributed by atoms with E-state index in [4.69, 9.17) is 9.47 Å². The Balaban J connectivity index is 1.58. The first-order chi connectivity index (χ1) is 19.5. The van der Waals surface area contributed by atoms with Crippen molar-refractivity contribution in [1.82, 2.24) is 4.90 Å². The number of hydrogen-bond acceptors (Lipinski definition) is 9. The maximum atomic E-state index is 13.4. The van der Waals surface area contributed by atoms with Gasteiger partial charge in [-0.15, -0.1) is 0 Å². The maximum Gasteiger partial charge on any atom is 0.334 e. The van der Waals surface area contributed by atoms with Gasteiger partial charge in [-0.25, -0.2) is 4.79 Å².